The Labute approximate surface area is 96.9 Å². The summed E-state index contributed by atoms with van der Waals surface area (Å²) in [7, 11) is 0. The fourth-order valence-electron chi connectivity index (χ4n) is 1.47. The highest BCUT2D eigenvalue weighted by molar-refractivity contribution is 5.51. The summed E-state index contributed by atoms with van der Waals surface area (Å²) in [5.74, 6) is 1.02. The molecule has 0 aliphatic carbocycles. The largest absolute Gasteiger partial charge is 0.419 e. The summed E-state index contributed by atoms with van der Waals surface area (Å²) < 4.78 is 7.16. The Kier molecular flexibility index (Phi) is 2.38. The quantitative estimate of drug-likeness (QED) is 0.676. The average molecular weight is 227 g/mol. The molecule has 0 atom stereocenters. The molecule has 1 aromatic carbocycles. The molecular formula is C11H9N5O. The zero-order valence-corrected chi connectivity index (χ0v) is 8.89. The third-order valence-electron chi connectivity index (χ3n) is 2.25. The maximum absolute atomic E-state index is 5.53. The van der Waals surface area contributed by atoms with Gasteiger partial charge in [-0.1, -0.05) is 18.2 Å². The highest BCUT2D eigenvalue weighted by Gasteiger charge is 2.08. The van der Waals surface area contributed by atoms with Gasteiger partial charge in [0.2, 0.25) is 11.8 Å². The molecule has 6 nitrogen and oxygen atoms in total. The summed E-state index contributed by atoms with van der Waals surface area (Å²) in [5.41, 5.74) is 0.907. The molecule has 0 fully saturated rings. The first-order chi connectivity index (χ1) is 8.42. The number of benzene rings is 1. The Hall–Kier alpha value is -2.50. The number of rotatable bonds is 3. The van der Waals surface area contributed by atoms with Crippen molar-refractivity contribution in [1.82, 2.24) is 25.0 Å². The molecule has 2 heterocycles. The molecule has 17 heavy (non-hydrogen) atoms. The first-order valence-corrected chi connectivity index (χ1v) is 5.12. The Bertz CT molecular complexity index is 587. The lowest BCUT2D eigenvalue weighted by atomic mass is 10.2. The minimum Gasteiger partial charge on any atom is -0.419 e. The predicted molar refractivity (Wildman–Crippen MR) is 58.9 cm³/mol. The van der Waals surface area contributed by atoms with E-state index >= 15 is 0 Å². The second kappa shape index (κ2) is 4.17. The van der Waals surface area contributed by atoms with Gasteiger partial charge in [-0.15, -0.1) is 10.2 Å². The van der Waals surface area contributed by atoms with Gasteiger partial charge in [-0.3, -0.25) is 0 Å². The Morgan fingerprint density at radius 2 is 2.00 bits per heavy atom. The van der Waals surface area contributed by atoms with Crippen LogP contribution in [-0.2, 0) is 6.54 Å². The van der Waals surface area contributed by atoms with Gasteiger partial charge < -0.3 is 4.42 Å². The molecule has 3 aromatic rings. The van der Waals surface area contributed by atoms with E-state index in [9.17, 15) is 0 Å². The Morgan fingerprint density at radius 1 is 1.12 bits per heavy atom. The Morgan fingerprint density at radius 3 is 2.76 bits per heavy atom. The van der Waals surface area contributed by atoms with Gasteiger partial charge in [0.25, 0.3) is 0 Å². The second-order valence-corrected chi connectivity index (χ2v) is 3.46. The summed E-state index contributed by atoms with van der Waals surface area (Å²) >= 11 is 0. The second-order valence-electron chi connectivity index (χ2n) is 3.46. The standard InChI is InChI=1S/C11H9N5O/c1-2-4-9(5-3-1)11-15-14-10(17-11)6-16-8-12-7-13-16/h1-5,7-8H,6H2. The van der Waals surface area contributed by atoms with Crippen LogP contribution >= 0.6 is 0 Å². The maximum Gasteiger partial charge on any atom is 0.247 e. The van der Waals surface area contributed by atoms with Gasteiger partial charge in [-0.05, 0) is 12.1 Å². The van der Waals surface area contributed by atoms with Crippen molar-refractivity contribution in [2.24, 2.45) is 0 Å². The average Bonchev–Trinajstić information content (AvgIpc) is 3.02. The first kappa shape index (κ1) is 9.71. The monoisotopic (exact) mass is 227 g/mol. The molecule has 0 aliphatic rings. The minimum atomic E-state index is 0.430. The summed E-state index contributed by atoms with van der Waals surface area (Å²) in [5, 5.41) is 11.9. The maximum atomic E-state index is 5.53. The topological polar surface area (TPSA) is 69.6 Å². The number of hydrogen-bond donors (Lipinski definition) is 0. The van der Waals surface area contributed by atoms with Crippen molar-refractivity contribution in [3.63, 3.8) is 0 Å². The van der Waals surface area contributed by atoms with Crippen molar-refractivity contribution in [2.45, 2.75) is 6.54 Å². The van der Waals surface area contributed by atoms with Gasteiger partial charge in [0, 0.05) is 5.56 Å². The number of aromatic nitrogens is 5. The van der Waals surface area contributed by atoms with Gasteiger partial charge in [0.1, 0.15) is 19.2 Å². The lowest BCUT2D eigenvalue weighted by Crippen LogP contribution is -1.99. The molecule has 0 spiro atoms. The van der Waals surface area contributed by atoms with Crippen LogP contribution in [0, 0.1) is 0 Å². The lowest BCUT2D eigenvalue weighted by molar-refractivity contribution is 0.473. The normalized spacial score (nSPS) is 10.6. The van der Waals surface area contributed by atoms with E-state index in [1.807, 2.05) is 30.3 Å². The van der Waals surface area contributed by atoms with Gasteiger partial charge in [-0.25, -0.2) is 9.67 Å². The van der Waals surface area contributed by atoms with E-state index in [1.54, 1.807) is 11.0 Å². The van der Waals surface area contributed by atoms with Crippen molar-refractivity contribution in [1.29, 1.82) is 0 Å². The molecule has 3 rings (SSSR count). The molecule has 6 heteroatoms. The number of nitrogens with zero attached hydrogens (tertiary/aromatic N) is 5. The molecule has 0 aliphatic heterocycles. The van der Waals surface area contributed by atoms with Crippen molar-refractivity contribution in [3.05, 3.63) is 48.9 Å². The van der Waals surface area contributed by atoms with Crippen LogP contribution in [0.1, 0.15) is 5.89 Å². The highest BCUT2D eigenvalue weighted by atomic mass is 16.4. The van der Waals surface area contributed by atoms with E-state index in [2.05, 4.69) is 20.3 Å². The third-order valence-corrected chi connectivity index (χ3v) is 2.25. The van der Waals surface area contributed by atoms with E-state index in [1.165, 1.54) is 6.33 Å². The van der Waals surface area contributed by atoms with Gasteiger partial charge in [0.15, 0.2) is 0 Å². The van der Waals surface area contributed by atoms with Crippen molar-refractivity contribution in [3.8, 4) is 11.5 Å². The molecule has 84 valence electrons. The first-order valence-electron chi connectivity index (χ1n) is 5.12. The van der Waals surface area contributed by atoms with E-state index in [0.29, 0.717) is 18.3 Å². The smallest absolute Gasteiger partial charge is 0.247 e. The molecular weight excluding hydrogens is 218 g/mol. The van der Waals surface area contributed by atoms with Crippen LogP contribution < -0.4 is 0 Å². The summed E-state index contributed by atoms with van der Waals surface area (Å²) in [6.45, 7) is 0.430. The van der Waals surface area contributed by atoms with Gasteiger partial charge in [-0.2, -0.15) is 5.10 Å². The molecule has 0 saturated heterocycles. The predicted octanol–water partition coefficient (Wildman–Crippen LogP) is 1.38. The van der Waals surface area contributed by atoms with Crippen LogP contribution in [0.5, 0.6) is 0 Å². The summed E-state index contributed by atoms with van der Waals surface area (Å²) in [6.07, 6.45) is 3.07. The fraction of sp³-hybridized carbons (Fsp3) is 0.0909. The van der Waals surface area contributed by atoms with Crippen LogP contribution in [-0.4, -0.2) is 25.0 Å². The summed E-state index contributed by atoms with van der Waals surface area (Å²) in [4.78, 5) is 3.85. The van der Waals surface area contributed by atoms with Gasteiger partial charge in [0.05, 0.1) is 0 Å². The lowest BCUT2D eigenvalue weighted by Gasteiger charge is -1.94. The van der Waals surface area contributed by atoms with Crippen LogP contribution in [0.4, 0.5) is 0 Å². The zero-order valence-electron chi connectivity index (χ0n) is 8.89. The van der Waals surface area contributed by atoms with Crippen molar-refractivity contribution < 1.29 is 4.42 Å². The highest BCUT2D eigenvalue weighted by Crippen LogP contribution is 2.16. The molecule has 2 aromatic heterocycles. The minimum absolute atomic E-state index is 0.430. The molecule has 0 unspecified atom stereocenters. The molecule has 0 amide bonds. The van der Waals surface area contributed by atoms with E-state index < -0.39 is 0 Å². The summed E-state index contributed by atoms with van der Waals surface area (Å²) in [6, 6.07) is 9.64. The van der Waals surface area contributed by atoms with Crippen LogP contribution in [0.2, 0.25) is 0 Å². The van der Waals surface area contributed by atoms with Crippen molar-refractivity contribution >= 4 is 0 Å². The van der Waals surface area contributed by atoms with E-state index in [0.717, 1.165) is 5.56 Å². The Balaban J connectivity index is 1.84. The number of hydrogen-bond acceptors (Lipinski definition) is 5. The fourth-order valence-corrected chi connectivity index (χ4v) is 1.47. The van der Waals surface area contributed by atoms with E-state index in [-0.39, 0.29) is 0 Å². The van der Waals surface area contributed by atoms with E-state index in [4.69, 9.17) is 4.42 Å². The van der Waals surface area contributed by atoms with Crippen LogP contribution in [0.3, 0.4) is 0 Å². The molecule has 0 radical (unpaired) electrons. The third kappa shape index (κ3) is 2.05. The molecule has 0 N–H and O–H groups in total. The molecule has 0 saturated carbocycles. The van der Waals surface area contributed by atoms with Crippen molar-refractivity contribution in [2.75, 3.05) is 0 Å². The zero-order chi connectivity index (χ0) is 11.5. The van der Waals surface area contributed by atoms with Crippen LogP contribution in [0.25, 0.3) is 11.5 Å². The molecule has 0 bridgehead atoms. The van der Waals surface area contributed by atoms with Crippen LogP contribution in [0.15, 0.2) is 47.4 Å². The van der Waals surface area contributed by atoms with Gasteiger partial charge >= 0.3 is 0 Å². The SMILES string of the molecule is c1ccc(-c2nnc(Cn3cncn3)o2)cc1.